The van der Waals surface area contributed by atoms with E-state index in [9.17, 15) is 10.1 Å². The predicted molar refractivity (Wildman–Crippen MR) is 44.2 cm³/mol. The molecule has 0 radical (unpaired) electrons. The molecule has 1 aromatic heterocycles. The predicted octanol–water partition coefficient (Wildman–Crippen LogP) is 1.06. The summed E-state index contributed by atoms with van der Waals surface area (Å²) < 4.78 is 0. The van der Waals surface area contributed by atoms with Crippen molar-refractivity contribution in [3.63, 3.8) is 0 Å². The highest BCUT2D eigenvalue weighted by atomic mass is 16.6. The summed E-state index contributed by atoms with van der Waals surface area (Å²) in [4.78, 5) is 13.4. The quantitative estimate of drug-likeness (QED) is 0.252. The molecule has 8 nitrogen and oxygen atoms in total. The number of nitro groups is 1. The minimum absolute atomic E-state index is 0.0350. The van der Waals surface area contributed by atoms with Gasteiger partial charge in [-0.15, -0.1) is 5.11 Å². The average molecular weight is 192 g/mol. The molecule has 1 rings (SSSR count). The van der Waals surface area contributed by atoms with Gasteiger partial charge in [0, 0.05) is 6.20 Å². The molecule has 0 aliphatic rings. The van der Waals surface area contributed by atoms with Gasteiger partial charge in [0.1, 0.15) is 6.20 Å². The molecular weight excluding hydrogens is 188 g/mol. The summed E-state index contributed by atoms with van der Waals surface area (Å²) in [5.74, 6) is 0. The monoisotopic (exact) mass is 192 g/mol. The normalized spacial score (nSPS) is 9.64. The van der Waals surface area contributed by atoms with Gasteiger partial charge in [0.25, 0.3) is 0 Å². The number of nitrogens with zero attached hydrogens (tertiary/aromatic N) is 5. The first kappa shape index (κ1) is 9.53. The first-order valence-corrected chi connectivity index (χ1v) is 3.39. The van der Waals surface area contributed by atoms with Gasteiger partial charge >= 0.3 is 5.69 Å². The molecule has 0 unspecified atom stereocenters. The van der Waals surface area contributed by atoms with Crippen molar-refractivity contribution in [3.05, 3.63) is 28.6 Å². The molecule has 0 aromatic carbocycles. The molecule has 0 atom stereocenters. The summed E-state index contributed by atoms with van der Waals surface area (Å²) in [6.45, 7) is 0. The van der Waals surface area contributed by atoms with Crippen molar-refractivity contribution in [2.75, 3.05) is 0 Å². The van der Waals surface area contributed by atoms with Crippen LogP contribution in [0, 0.1) is 21.6 Å². The van der Waals surface area contributed by atoms with Crippen LogP contribution in [0.15, 0.2) is 28.8 Å². The lowest BCUT2D eigenvalue weighted by Crippen LogP contribution is -1.91. The summed E-state index contributed by atoms with van der Waals surface area (Å²) in [5.41, 5.74) is 1.65. The van der Waals surface area contributed by atoms with Crippen LogP contribution in [0.2, 0.25) is 0 Å². The number of hydrogen-bond acceptors (Lipinski definition) is 6. The molecule has 1 heterocycles. The Morgan fingerprint density at radius 3 is 3.14 bits per heavy atom. The van der Waals surface area contributed by atoms with Crippen LogP contribution in [0.25, 0.3) is 0 Å². The van der Waals surface area contributed by atoms with E-state index in [1.165, 1.54) is 18.5 Å². The Hall–Kier alpha value is -2.56. The van der Waals surface area contributed by atoms with E-state index < -0.39 is 4.92 Å². The van der Waals surface area contributed by atoms with Gasteiger partial charge < -0.3 is 0 Å². The van der Waals surface area contributed by atoms with E-state index in [0.29, 0.717) is 0 Å². The SMILES string of the molecule is N#CNN=Nc1ccncc1[N+](=O)[O-]. The first-order valence-electron chi connectivity index (χ1n) is 3.39. The Morgan fingerprint density at radius 1 is 1.71 bits per heavy atom. The molecule has 0 aliphatic heterocycles. The van der Waals surface area contributed by atoms with Gasteiger partial charge in [-0.05, 0) is 6.07 Å². The van der Waals surface area contributed by atoms with Crippen LogP contribution >= 0.6 is 0 Å². The highest BCUT2D eigenvalue weighted by molar-refractivity contribution is 5.54. The number of pyridine rings is 1. The standard InChI is InChI=1S/C6H4N6O2/c7-4-9-11-10-5-1-2-8-3-6(5)12(13)14/h1-3H,(H,8,9,10). The fourth-order valence-corrected chi connectivity index (χ4v) is 0.705. The van der Waals surface area contributed by atoms with Crippen LogP contribution in [-0.2, 0) is 0 Å². The largest absolute Gasteiger partial charge is 0.314 e. The maximum Gasteiger partial charge on any atom is 0.314 e. The van der Waals surface area contributed by atoms with Crippen LogP contribution in [0.4, 0.5) is 11.4 Å². The van der Waals surface area contributed by atoms with E-state index in [1.54, 1.807) is 0 Å². The Bertz CT molecular complexity index is 409. The molecule has 1 aromatic rings. The molecule has 70 valence electrons. The van der Waals surface area contributed by atoms with E-state index in [1.807, 2.05) is 5.43 Å². The molecule has 8 heteroatoms. The molecule has 0 bridgehead atoms. The lowest BCUT2D eigenvalue weighted by Gasteiger charge is -1.92. The topological polar surface area (TPSA) is 117 Å². The van der Waals surface area contributed by atoms with Crippen molar-refractivity contribution in [1.29, 1.82) is 5.26 Å². The van der Waals surface area contributed by atoms with Crippen LogP contribution < -0.4 is 5.43 Å². The lowest BCUT2D eigenvalue weighted by molar-refractivity contribution is -0.384. The summed E-state index contributed by atoms with van der Waals surface area (Å²) in [6.07, 6.45) is 3.89. The fourth-order valence-electron chi connectivity index (χ4n) is 0.705. The van der Waals surface area contributed by atoms with Gasteiger partial charge in [0.15, 0.2) is 11.9 Å². The number of hydrogen-bond donors (Lipinski definition) is 1. The fraction of sp³-hybridized carbons (Fsp3) is 0. The summed E-state index contributed by atoms with van der Waals surface area (Å²) in [6, 6.07) is 1.32. The highest BCUT2D eigenvalue weighted by Gasteiger charge is 2.12. The van der Waals surface area contributed by atoms with E-state index in [0.717, 1.165) is 6.20 Å². The van der Waals surface area contributed by atoms with E-state index >= 15 is 0 Å². The maximum atomic E-state index is 10.4. The lowest BCUT2D eigenvalue weighted by atomic mass is 10.4. The van der Waals surface area contributed by atoms with Gasteiger partial charge in [-0.25, -0.2) is 0 Å². The average Bonchev–Trinajstić information content (AvgIpc) is 2.19. The molecule has 14 heavy (non-hydrogen) atoms. The zero-order valence-corrected chi connectivity index (χ0v) is 6.78. The minimum Gasteiger partial charge on any atom is -0.258 e. The molecule has 0 amide bonds. The van der Waals surface area contributed by atoms with Gasteiger partial charge in [-0.1, -0.05) is 5.22 Å². The molecule has 0 saturated carbocycles. The van der Waals surface area contributed by atoms with Crippen molar-refractivity contribution in [2.24, 2.45) is 10.3 Å². The van der Waals surface area contributed by atoms with E-state index in [2.05, 4.69) is 15.3 Å². The van der Waals surface area contributed by atoms with E-state index in [-0.39, 0.29) is 11.4 Å². The number of nitrogens with one attached hydrogen (secondary N) is 1. The third kappa shape index (κ3) is 2.21. The Balaban J connectivity index is 2.97. The zero-order valence-electron chi connectivity index (χ0n) is 6.78. The maximum absolute atomic E-state index is 10.4. The van der Waals surface area contributed by atoms with Crippen molar-refractivity contribution in [3.8, 4) is 6.19 Å². The third-order valence-electron chi connectivity index (χ3n) is 1.23. The Morgan fingerprint density at radius 2 is 2.50 bits per heavy atom. The van der Waals surface area contributed by atoms with Crippen molar-refractivity contribution in [1.82, 2.24) is 10.4 Å². The Labute approximate surface area is 78.0 Å². The second-order valence-corrected chi connectivity index (χ2v) is 2.05. The molecule has 0 fully saturated rings. The van der Waals surface area contributed by atoms with Crippen molar-refractivity contribution < 1.29 is 4.92 Å². The first-order chi connectivity index (χ1) is 6.75. The second-order valence-electron chi connectivity index (χ2n) is 2.05. The summed E-state index contributed by atoms with van der Waals surface area (Å²) in [5, 5.41) is 25.1. The molecule has 0 spiro atoms. The van der Waals surface area contributed by atoms with Crippen LogP contribution in [0.5, 0.6) is 0 Å². The molecular formula is C6H4N6O2. The Kier molecular flexibility index (Phi) is 3.04. The zero-order chi connectivity index (χ0) is 10.4. The van der Waals surface area contributed by atoms with Gasteiger partial charge in [0.2, 0.25) is 0 Å². The third-order valence-corrected chi connectivity index (χ3v) is 1.23. The minimum atomic E-state index is -0.631. The van der Waals surface area contributed by atoms with Crippen LogP contribution in [-0.4, -0.2) is 9.91 Å². The van der Waals surface area contributed by atoms with Gasteiger partial charge in [-0.3, -0.25) is 15.1 Å². The summed E-state index contributed by atoms with van der Waals surface area (Å²) >= 11 is 0. The van der Waals surface area contributed by atoms with Crippen LogP contribution in [0.3, 0.4) is 0 Å². The molecule has 1 N–H and O–H groups in total. The number of aromatic nitrogens is 1. The molecule has 0 saturated heterocycles. The second kappa shape index (κ2) is 4.46. The molecule has 0 aliphatic carbocycles. The number of nitriles is 1. The highest BCUT2D eigenvalue weighted by Crippen LogP contribution is 2.24. The van der Waals surface area contributed by atoms with Crippen molar-refractivity contribution >= 4 is 11.4 Å². The van der Waals surface area contributed by atoms with Crippen LogP contribution in [0.1, 0.15) is 0 Å². The number of rotatable bonds is 3. The van der Waals surface area contributed by atoms with E-state index in [4.69, 9.17) is 5.26 Å². The van der Waals surface area contributed by atoms with Gasteiger partial charge in [-0.2, -0.15) is 10.7 Å². The smallest absolute Gasteiger partial charge is 0.258 e. The van der Waals surface area contributed by atoms with Crippen molar-refractivity contribution in [2.45, 2.75) is 0 Å². The summed E-state index contributed by atoms with van der Waals surface area (Å²) in [7, 11) is 0. The van der Waals surface area contributed by atoms with Gasteiger partial charge in [0.05, 0.1) is 4.92 Å².